The van der Waals surface area contributed by atoms with E-state index in [1.807, 2.05) is 21.1 Å². The topological polar surface area (TPSA) is 111 Å². The molecule has 0 aromatic carbocycles. The van der Waals surface area contributed by atoms with Crippen LogP contribution >= 0.6 is 7.82 Å². The van der Waals surface area contributed by atoms with Crippen LogP contribution in [0.25, 0.3) is 0 Å². The number of allylic oxidation sites excluding steroid dienone is 10. The Labute approximate surface area is 508 Å². The summed E-state index contributed by atoms with van der Waals surface area (Å²) in [6.45, 7) is 4.26. The number of carbonyl (C=O) groups excluding carboxylic acids is 2. The molecule has 2 atom stereocenters. The SMILES string of the molecule is CCCCCCC/C=C\C/C=C\C/C=C\CCCCCCCCCCCCCCCCCCCCCCCCC(=O)OC(COC(=O)CCCCCCCCCCC/C=C\C/C=C\CCCCCCC)COP(=O)([O-])OCC[N+](C)(C)C. The molecule has 0 N–H and O–H groups in total. The lowest BCUT2D eigenvalue weighted by molar-refractivity contribution is -0.870. The maximum atomic E-state index is 12.9. The van der Waals surface area contributed by atoms with E-state index < -0.39 is 26.5 Å². The summed E-state index contributed by atoms with van der Waals surface area (Å²) in [5.41, 5.74) is 0. The van der Waals surface area contributed by atoms with Crippen molar-refractivity contribution in [1.29, 1.82) is 0 Å². The van der Waals surface area contributed by atoms with Crippen molar-refractivity contribution in [2.75, 3.05) is 47.5 Å². The van der Waals surface area contributed by atoms with Gasteiger partial charge < -0.3 is 27.9 Å². The van der Waals surface area contributed by atoms with Crippen molar-refractivity contribution in [2.45, 2.75) is 341 Å². The molecule has 0 saturated carbocycles. The summed E-state index contributed by atoms with van der Waals surface area (Å²) in [6.07, 6.45) is 83.1. The average Bonchev–Trinajstić information content (AvgIpc) is 3.46. The van der Waals surface area contributed by atoms with Gasteiger partial charge in [0.05, 0.1) is 27.7 Å². The van der Waals surface area contributed by atoms with Gasteiger partial charge in [-0.2, -0.15) is 0 Å². The van der Waals surface area contributed by atoms with Gasteiger partial charge in [-0.1, -0.05) is 299 Å². The Morgan fingerprint density at radius 1 is 0.378 bits per heavy atom. The molecule has 0 aromatic heterocycles. The van der Waals surface area contributed by atoms with Gasteiger partial charge in [0.2, 0.25) is 0 Å². The van der Waals surface area contributed by atoms with Crippen molar-refractivity contribution < 1.29 is 42.1 Å². The third-order valence-electron chi connectivity index (χ3n) is 15.5. The van der Waals surface area contributed by atoms with Gasteiger partial charge in [0.15, 0.2) is 6.10 Å². The Hall–Kier alpha value is -2.29. The summed E-state index contributed by atoms with van der Waals surface area (Å²) in [7, 11) is 1.17. The minimum Gasteiger partial charge on any atom is -0.756 e. The normalized spacial score (nSPS) is 13.5. The van der Waals surface area contributed by atoms with Crippen molar-refractivity contribution in [1.82, 2.24) is 0 Å². The quantitative estimate of drug-likeness (QED) is 0.0195. The molecule has 0 aliphatic carbocycles. The summed E-state index contributed by atoms with van der Waals surface area (Å²) < 4.78 is 34.3. The first-order chi connectivity index (χ1) is 40.0. The monoisotopic (exact) mass is 1170 g/mol. The molecule has 0 amide bonds. The minimum absolute atomic E-state index is 0.0309. The predicted octanol–water partition coefficient (Wildman–Crippen LogP) is 22.0. The number of likely N-dealkylation sites (N-methyl/N-ethyl adjacent to an activating group) is 1. The first kappa shape index (κ1) is 79.7. The summed E-state index contributed by atoms with van der Waals surface area (Å²) >= 11 is 0. The molecule has 0 saturated heterocycles. The number of phosphoric ester groups is 1. The zero-order valence-corrected chi connectivity index (χ0v) is 55.6. The van der Waals surface area contributed by atoms with Crippen LogP contribution in [0.3, 0.4) is 0 Å². The van der Waals surface area contributed by atoms with Crippen LogP contribution in [0, 0.1) is 0 Å². The number of ether oxygens (including phenoxy) is 2. The fourth-order valence-corrected chi connectivity index (χ4v) is 10.8. The van der Waals surface area contributed by atoms with Gasteiger partial charge in [0.1, 0.15) is 19.8 Å². The summed E-state index contributed by atoms with van der Waals surface area (Å²) in [6, 6.07) is 0. The molecule has 0 spiro atoms. The average molecular weight is 1170 g/mol. The van der Waals surface area contributed by atoms with E-state index in [0.717, 1.165) is 51.4 Å². The van der Waals surface area contributed by atoms with Crippen LogP contribution in [0.2, 0.25) is 0 Å². The maximum Gasteiger partial charge on any atom is 0.306 e. The van der Waals surface area contributed by atoms with Crippen LogP contribution in [0.5, 0.6) is 0 Å². The van der Waals surface area contributed by atoms with Crippen molar-refractivity contribution in [2.24, 2.45) is 0 Å². The van der Waals surface area contributed by atoms with Crippen molar-refractivity contribution >= 4 is 19.8 Å². The molecule has 0 rings (SSSR count). The fourth-order valence-electron chi connectivity index (χ4n) is 10.1. The first-order valence-corrected chi connectivity index (χ1v) is 36.5. The Kier molecular flexibility index (Phi) is 61.5. The molecule has 0 radical (unpaired) electrons. The minimum atomic E-state index is -4.64. The number of hydrogen-bond donors (Lipinski definition) is 0. The molecular weight excluding hydrogens is 1040 g/mol. The van der Waals surface area contributed by atoms with Crippen LogP contribution in [0.1, 0.15) is 335 Å². The summed E-state index contributed by atoms with van der Waals surface area (Å²) in [4.78, 5) is 38.0. The third kappa shape index (κ3) is 66.8. The Bertz CT molecular complexity index is 1570. The molecule has 2 unspecified atom stereocenters. The molecule has 480 valence electrons. The van der Waals surface area contributed by atoms with E-state index in [9.17, 15) is 19.0 Å². The van der Waals surface area contributed by atoms with E-state index in [4.69, 9.17) is 18.5 Å². The molecule has 0 aliphatic heterocycles. The van der Waals surface area contributed by atoms with E-state index in [1.165, 1.54) is 250 Å². The van der Waals surface area contributed by atoms with Crippen LogP contribution in [0.15, 0.2) is 60.8 Å². The largest absolute Gasteiger partial charge is 0.756 e. The first-order valence-electron chi connectivity index (χ1n) is 35.0. The van der Waals surface area contributed by atoms with Crippen molar-refractivity contribution in [3.63, 3.8) is 0 Å². The van der Waals surface area contributed by atoms with E-state index in [1.54, 1.807) is 0 Å². The zero-order valence-electron chi connectivity index (χ0n) is 54.7. The second kappa shape index (κ2) is 63.2. The third-order valence-corrected chi connectivity index (χ3v) is 16.5. The second-order valence-electron chi connectivity index (χ2n) is 24.9. The number of quaternary nitrogens is 1. The molecular formula is C72H134NO8P. The van der Waals surface area contributed by atoms with Crippen LogP contribution in [-0.4, -0.2) is 70.0 Å². The van der Waals surface area contributed by atoms with E-state index in [-0.39, 0.29) is 32.0 Å². The Balaban J connectivity index is 3.97. The molecule has 9 nitrogen and oxygen atoms in total. The number of carbonyl (C=O) groups is 2. The van der Waals surface area contributed by atoms with Crippen molar-refractivity contribution in [3.05, 3.63) is 60.8 Å². The van der Waals surface area contributed by atoms with Gasteiger partial charge in [-0.3, -0.25) is 14.2 Å². The van der Waals surface area contributed by atoms with Crippen LogP contribution in [-0.2, 0) is 32.7 Å². The van der Waals surface area contributed by atoms with Crippen LogP contribution in [0.4, 0.5) is 0 Å². The fraction of sp³-hybridized carbons (Fsp3) is 0.833. The molecule has 0 bridgehead atoms. The van der Waals surface area contributed by atoms with Crippen LogP contribution < -0.4 is 4.89 Å². The van der Waals surface area contributed by atoms with Gasteiger partial charge >= 0.3 is 11.9 Å². The highest BCUT2D eigenvalue weighted by Crippen LogP contribution is 2.38. The molecule has 0 aromatic rings. The van der Waals surface area contributed by atoms with Crippen molar-refractivity contribution in [3.8, 4) is 0 Å². The number of unbranched alkanes of at least 4 members (excludes halogenated alkanes) is 41. The van der Waals surface area contributed by atoms with Gasteiger partial charge in [0, 0.05) is 12.8 Å². The number of nitrogens with zero attached hydrogens (tertiary/aromatic N) is 1. The maximum absolute atomic E-state index is 12.9. The zero-order chi connectivity index (χ0) is 59.8. The second-order valence-corrected chi connectivity index (χ2v) is 26.3. The lowest BCUT2D eigenvalue weighted by atomic mass is 10.0. The highest BCUT2D eigenvalue weighted by molar-refractivity contribution is 7.45. The Morgan fingerprint density at radius 2 is 0.659 bits per heavy atom. The molecule has 0 fully saturated rings. The number of rotatable bonds is 65. The smallest absolute Gasteiger partial charge is 0.306 e. The summed E-state index contributed by atoms with van der Waals surface area (Å²) in [5, 5.41) is 0. The predicted molar refractivity (Wildman–Crippen MR) is 351 cm³/mol. The molecule has 0 aliphatic rings. The highest BCUT2D eigenvalue weighted by atomic mass is 31.2. The lowest BCUT2D eigenvalue weighted by Gasteiger charge is -2.28. The standard InChI is InChI=1S/C72H134NO8P/c1-6-8-10-12-14-16-18-20-22-24-26-28-29-30-31-32-33-34-35-36-37-38-39-40-41-42-43-45-47-49-51-53-55-57-59-61-63-65-72(75)81-70(69-80-82(76,77)79-67-66-73(3,4)5)68-78-71(74)64-62-60-58-56-54-52-50-48-46-44-27-25-23-21-19-17-15-13-11-9-7-2/h18-21,24-27,29-30,70H,6-17,22-23,28,31-69H2,1-5H3/b20-18-,21-19-,26-24-,27-25-,30-29-. The highest BCUT2D eigenvalue weighted by Gasteiger charge is 2.22. The lowest BCUT2D eigenvalue weighted by Crippen LogP contribution is -2.37. The Morgan fingerprint density at radius 3 is 0.976 bits per heavy atom. The van der Waals surface area contributed by atoms with E-state index >= 15 is 0 Å². The number of esters is 2. The molecule has 0 heterocycles. The van der Waals surface area contributed by atoms with Gasteiger partial charge in [-0.05, 0) is 83.5 Å². The van der Waals surface area contributed by atoms with Gasteiger partial charge in [-0.15, -0.1) is 0 Å². The van der Waals surface area contributed by atoms with E-state index in [0.29, 0.717) is 17.4 Å². The number of hydrogen-bond acceptors (Lipinski definition) is 8. The van der Waals surface area contributed by atoms with Gasteiger partial charge in [0.25, 0.3) is 7.82 Å². The van der Waals surface area contributed by atoms with E-state index in [2.05, 4.69) is 74.6 Å². The summed E-state index contributed by atoms with van der Waals surface area (Å²) in [5.74, 6) is -0.824. The molecule has 82 heavy (non-hydrogen) atoms. The molecule has 10 heteroatoms. The van der Waals surface area contributed by atoms with Gasteiger partial charge in [-0.25, -0.2) is 0 Å². The number of phosphoric acid groups is 1.